The normalized spacial score (nSPS) is 24.4. The number of nitrogens with one attached hydrogen (secondary N) is 1. The average molecular weight is 226 g/mol. The fourth-order valence-electron chi connectivity index (χ4n) is 2.03. The van der Waals surface area contributed by atoms with Crippen LogP contribution in [0.4, 0.5) is 0 Å². The van der Waals surface area contributed by atoms with Crippen LogP contribution < -0.4 is 5.32 Å². The molecule has 0 aromatic rings. The lowest BCUT2D eigenvalue weighted by atomic mass is 10.0. The zero-order chi connectivity index (χ0) is 12.0. The van der Waals surface area contributed by atoms with Crippen molar-refractivity contribution in [1.29, 1.82) is 0 Å². The van der Waals surface area contributed by atoms with E-state index < -0.39 is 0 Å². The van der Waals surface area contributed by atoms with Gasteiger partial charge in [-0.3, -0.25) is 4.79 Å². The molecule has 2 unspecified atom stereocenters. The molecule has 1 rings (SSSR count). The molecule has 0 aromatic heterocycles. The van der Waals surface area contributed by atoms with Crippen molar-refractivity contribution in [3.8, 4) is 0 Å². The zero-order valence-electron chi connectivity index (χ0n) is 10.2. The lowest BCUT2D eigenvalue weighted by Crippen LogP contribution is -2.45. The summed E-state index contributed by atoms with van der Waals surface area (Å²) < 4.78 is 5.35. The maximum atomic E-state index is 12.3. The van der Waals surface area contributed by atoms with Crippen molar-refractivity contribution >= 4 is 5.91 Å². The van der Waals surface area contributed by atoms with Gasteiger partial charge in [0.25, 0.3) is 0 Å². The monoisotopic (exact) mass is 226 g/mol. The highest BCUT2D eigenvalue weighted by molar-refractivity contribution is 5.80. The van der Waals surface area contributed by atoms with E-state index in [4.69, 9.17) is 4.74 Å². The highest BCUT2D eigenvalue weighted by atomic mass is 16.5. The van der Waals surface area contributed by atoms with Crippen LogP contribution in [0.1, 0.15) is 13.3 Å². The Kier molecular flexibility index (Phi) is 5.49. The van der Waals surface area contributed by atoms with Crippen molar-refractivity contribution in [2.75, 3.05) is 33.4 Å². The molecule has 1 heterocycles. The Labute approximate surface area is 97.6 Å². The third-order valence-electron chi connectivity index (χ3n) is 2.92. The first kappa shape index (κ1) is 13.2. The standard InChI is InChI=1S/C12H22N2O2/c1-4-6-14(7-5-2)12(15)10-8-16-9-11(10)13-3/h4,10-11,13H,1,5-9H2,2-3H3. The number of ether oxygens (including phenoxy) is 1. The van der Waals surface area contributed by atoms with E-state index in [1.54, 1.807) is 6.08 Å². The average Bonchev–Trinajstić information content (AvgIpc) is 2.75. The molecule has 2 atom stereocenters. The summed E-state index contributed by atoms with van der Waals surface area (Å²) in [4.78, 5) is 14.1. The van der Waals surface area contributed by atoms with Crippen molar-refractivity contribution in [2.24, 2.45) is 5.92 Å². The third kappa shape index (κ3) is 3.06. The highest BCUT2D eigenvalue weighted by Crippen LogP contribution is 2.16. The fraction of sp³-hybridized carbons (Fsp3) is 0.750. The number of hydrogen-bond acceptors (Lipinski definition) is 3. The van der Waals surface area contributed by atoms with Gasteiger partial charge in [0.1, 0.15) is 0 Å². The molecule has 1 aliphatic heterocycles. The smallest absolute Gasteiger partial charge is 0.229 e. The van der Waals surface area contributed by atoms with E-state index in [-0.39, 0.29) is 17.9 Å². The minimum absolute atomic E-state index is 0.0449. The predicted octanol–water partition coefficient (Wildman–Crippen LogP) is 0.645. The highest BCUT2D eigenvalue weighted by Gasteiger charge is 2.35. The number of hydrogen-bond donors (Lipinski definition) is 1. The van der Waals surface area contributed by atoms with Crippen molar-refractivity contribution in [3.05, 3.63) is 12.7 Å². The number of likely N-dealkylation sites (N-methyl/N-ethyl adjacent to an activating group) is 1. The second kappa shape index (κ2) is 6.66. The Hall–Kier alpha value is -0.870. The van der Waals surface area contributed by atoms with E-state index in [1.807, 2.05) is 11.9 Å². The molecular formula is C12H22N2O2. The van der Waals surface area contributed by atoms with Gasteiger partial charge in [-0.05, 0) is 13.5 Å². The van der Waals surface area contributed by atoms with Gasteiger partial charge in [-0.2, -0.15) is 0 Å². The first-order valence-corrected chi connectivity index (χ1v) is 5.89. The van der Waals surface area contributed by atoms with Crippen LogP contribution in [0.15, 0.2) is 12.7 Å². The predicted molar refractivity (Wildman–Crippen MR) is 64.2 cm³/mol. The summed E-state index contributed by atoms with van der Waals surface area (Å²) in [6, 6.07) is 0.150. The zero-order valence-corrected chi connectivity index (χ0v) is 10.2. The van der Waals surface area contributed by atoms with Gasteiger partial charge in [-0.15, -0.1) is 6.58 Å². The molecule has 1 saturated heterocycles. The number of nitrogens with zero attached hydrogens (tertiary/aromatic N) is 1. The van der Waals surface area contributed by atoms with Gasteiger partial charge in [0.2, 0.25) is 5.91 Å². The van der Waals surface area contributed by atoms with Crippen LogP contribution in [-0.4, -0.2) is 50.2 Å². The van der Waals surface area contributed by atoms with Crippen molar-refractivity contribution in [1.82, 2.24) is 10.2 Å². The van der Waals surface area contributed by atoms with Crippen LogP contribution in [0.2, 0.25) is 0 Å². The molecule has 4 heteroatoms. The Bertz CT molecular complexity index is 243. The molecule has 16 heavy (non-hydrogen) atoms. The molecule has 1 N–H and O–H groups in total. The van der Waals surface area contributed by atoms with Gasteiger partial charge < -0.3 is 15.0 Å². The second-order valence-electron chi connectivity index (χ2n) is 4.11. The third-order valence-corrected chi connectivity index (χ3v) is 2.92. The van der Waals surface area contributed by atoms with E-state index in [0.717, 1.165) is 13.0 Å². The minimum atomic E-state index is -0.0449. The summed E-state index contributed by atoms with van der Waals surface area (Å²) in [5.74, 6) is 0.134. The van der Waals surface area contributed by atoms with Gasteiger partial charge in [-0.1, -0.05) is 13.0 Å². The van der Waals surface area contributed by atoms with E-state index >= 15 is 0 Å². The Morgan fingerprint density at radius 2 is 2.38 bits per heavy atom. The van der Waals surface area contributed by atoms with Gasteiger partial charge in [0, 0.05) is 19.1 Å². The maximum Gasteiger partial charge on any atom is 0.229 e. The molecule has 1 amide bonds. The van der Waals surface area contributed by atoms with Crippen LogP contribution in [-0.2, 0) is 9.53 Å². The molecule has 0 radical (unpaired) electrons. The van der Waals surface area contributed by atoms with Crippen LogP contribution in [0.5, 0.6) is 0 Å². The maximum absolute atomic E-state index is 12.3. The Morgan fingerprint density at radius 1 is 1.62 bits per heavy atom. The molecule has 1 aliphatic rings. The summed E-state index contributed by atoms with van der Waals surface area (Å²) >= 11 is 0. The van der Waals surface area contributed by atoms with E-state index in [1.165, 1.54) is 0 Å². The molecule has 0 aliphatic carbocycles. The van der Waals surface area contributed by atoms with Crippen LogP contribution in [0.25, 0.3) is 0 Å². The van der Waals surface area contributed by atoms with Crippen LogP contribution >= 0.6 is 0 Å². The molecule has 92 valence electrons. The molecular weight excluding hydrogens is 204 g/mol. The molecule has 0 saturated carbocycles. The van der Waals surface area contributed by atoms with Gasteiger partial charge in [0.15, 0.2) is 0 Å². The van der Waals surface area contributed by atoms with Gasteiger partial charge in [-0.25, -0.2) is 0 Å². The molecule has 4 nitrogen and oxygen atoms in total. The summed E-state index contributed by atoms with van der Waals surface area (Å²) in [6.07, 6.45) is 2.75. The Balaban J connectivity index is 2.61. The summed E-state index contributed by atoms with van der Waals surface area (Å²) in [6.45, 7) is 8.33. The van der Waals surface area contributed by atoms with Crippen LogP contribution in [0, 0.1) is 5.92 Å². The number of rotatable bonds is 6. The lowest BCUT2D eigenvalue weighted by molar-refractivity contribution is -0.135. The Morgan fingerprint density at radius 3 is 2.94 bits per heavy atom. The van der Waals surface area contributed by atoms with Crippen molar-refractivity contribution in [2.45, 2.75) is 19.4 Å². The fourth-order valence-corrected chi connectivity index (χ4v) is 2.03. The number of carbonyl (C=O) groups is 1. The van der Waals surface area contributed by atoms with E-state index in [9.17, 15) is 4.79 Å². The number of carbonyl (C=O) groups excluding carboxylic acids is 1. The molecule has 0 aromatic carbocycles. The first-order chi connectivity index (χ1) is 7.74. The topological polar surface area (TPSA) is 41.6 Å². The van der Waals surface area contributed by atoms with Crippen molar-refractivity contribution in [3.63, 3.8) is 0 Å². The van der Waals surface area contributed by atoms with Gasteiger partial charge >= 0.3 is 0 Å². The van der Waals surface area contributed by atoms with Gasteiger partial charge in [0.05, 0.1) is 19.1 Å². The molecule has 0 bridgehead atoms. The van der Waals surface area contributed by atoms with Crippen molar-refractivity contribution < 1.29 is 9.53 Å². The summed E-state index contributed by atoms with van der Waals surface area (Å²) in [5, 5.41) is 3.14. The first-order valence-electron chi connectivity index (χ1n) is 5.89. The van der Waals surface area contributed by atoms with Crippen LogP contribution in [0.3, 0.4) is 0 Å². The largest absolute Gasteiger partial charge is 0.379 e. The quantitative estimate of drug-likeness (QED) is 0.676. The van der Waals surface area contributed by atoms with E-state index in [0.29, 0.717) is 19.8 Å². The molecule has 0 spiro atoms. The number of amides is 1. The minimum Gasteiger partial charge on any atom is -0.379 e. The summed E-state index contributed by atoms with van der Waals surface area (Å²) in [7, 11) is 1.87. The summed E-state index contributed by atoms with van der Waals surface area (Å²) in [5.41, 5.74) is 0. The second-order valence-corrected chi connectivity index (χ2v) is 4.11. The lowest BCUT2D eigenvalue weighted by Gasteiger charge is -2.26. The SMILES string of the molecule is C=CCN(CCC)C(=O)C1COCC1NC. The van der Waals surface area contributed by atoms with E-state index in [2.05, 4.69) is 18.8 Å². The molecule has 1 fully saturated rings.